The molecule has 1 fully saturated rings. The Morgan fingerprint density at radius 2 is 1.90 bits per heavy atom. The van der Waals surface area contributed by atoms with Crippen molar-refractivity contribution >= 4 is 75.1 Å². The van der Waals surface area contributed by atoms with E-state index < -0.39 is 36.3 Å². The molecule has 3 rings (SSSR count). The second-order valence-electron chi connectivity index (χ2n) is 6.18. The predicted molar refractivity (Wildman–Crippen MR) is 115 cm³/mol. The Bertz CT molecular complexity index is 961. The van der Waals surface area contributed by atoms with E-state index in [4.69, 9.17) is 17.3 Å². The highest BCUT2D eigenvalue weighted by Gasteiger charge is 2.45. The summed E-state index contributed by atoms with van der Waals surface area (Å²) >= 11 is 7.58. The van der Waals surface area contributed by atoms with E-state index in [0.717, 1.165) is 21.6 Å². The third-order valence-corrected chi connectivity index (χ3v) is 6.48. The van der Waals surface area contributed by atoms with Crippen molar-refractivity contribution in [3.63, 3.8) is 0 Å². The fourth-order valence-corrected chi connectivity index (χ4v) is 5.07. The molecule has 29 heavy (non-hydrogen) atoms. The lowest BCUT2D eigenvalue weighted by Crippen LogP contribution is -2.44. The van der Waals surface area contributed by atoms with Crippen LogP contribution < -0.4 is 4.90 Å². The first-order valence-corrected chi connectivity index (χ1v) is 11.0. The van der Waals surface area contributed by atoms with Crippen LogP contribution in [0.3, 0.4) is 0 Å². The summed E-state index contributed by atoms with van der Waals surface area (Å²) in [6.45, 7) is -0.550. The fraction of sp³-hybridized carbons (Fsp3) is 0.278. The van der Waals surface area contributed by atoms with Crippen molar-refractivity contribution in [3.8, 4) is 0 Å². The number of carbonyl (C=O) groups excluding carboxylic acids is 2. The number of carboxylic acid groups (broad SMARTS) is 2. The number of aliphatic carboxylic acids is 2. The Kier molecular flexibility index (Phi) is 6.30. The van der Waals surface area contributed by atoms with E-state index in [0.29, 0.717) is 17.0 Å². The van der Waals surface area contributed by atoms with Crippen LogP contribution in [0.1, 0.15) is 12.0 Å². The molecule has 0 spiro atoms. The van der Waals surface area contributed by atoms with Crippen molar-refractivity contribution in [2.24, 2.45) is 0 Å². The molecule has 2 amide bonds. The minimum Gasteiger partial charge on any atom is -0.480 e. The monoisotopic (exact) mass is 452 g/mol. The van der Waals surface area contributed by atoms with Gasteiger partial charge in [-0.15, -0.1) is 0 Å². The van der Waals surface area contributed by atoms with Crippen LogP contribution in [0.15, 0.2) is 29.2 Å². The quantitative estimate of drug-likeness (QED) is 0.473. The van der Waals surface area contributed by atoms with E-state index in [1.807, 2.05) is 6.26 Å². The summed E-state index contributed by atoms with van der Waals surface area (Å²) in [5.41, 5.74) is 0.864. The molecule has 152 valence electrons. The molecule has 2 heterocycles. The summed E-state index contributed by atoms with van der Waals surface area (Å²) in [5.74, 6) is -3.11. The third kappa shape index (κ3) is 3.89. The molecule has 11 heteroatoms. The number of benzene rings is 1. The molecule has 1 atom stereocenters. The number of carboxylic acids is 2. The first-order valence-electron chi connectivity index (χ1n) is 8.42. The summed E-state index contributed by atoms with van der Waals surface area (Å²) in [6.07, 6.45) is 2.04. The largest absolute Gasteiger partial charge is 0.480 e. The number of carbonyl (C=O) groups is 4. The lowest BCUT2D eigenvalue weighted by Gasteiger charge is -2.22. The summed E-state index contributed by atoms with van der Waals surface area (Å²) in [7, 11) is 0. The number of para-hydroxylation sites is 1. The molecule has 1 aromatic carbocycles. The lowest BCUT2D eigenvalue weighted by atomic mass is 10.1. The lowest BCUT2D eigenvalue weighted by molar-refractivity contribution is -0.145. The molecule has 0 saturated carbocycles. The van der Waals surface area contributed by atoms with Crippen LogP contribution in [0.25, 0.3) is 5.57 Å². The number of hydrogen-bond donors (Lipinski definition) is 2. The van der Waals surface area contributed by atoms with Crippen LogP contribution in [0, 0.1) is 0 Å². The Morgan fingerprint density at radius 1 is 1.21 bits per heavy atom. The number of rotatable bonds is 7. The molecule has 0 aliphatic carbocycles. The van der Waals surface area contributed by atoms with E-state index in [-0.39, 0.29) is 21.2 Å². The van der Waals surface area contributed by atoms with Crippen molar-refractivity contribution < 1.29 is 29.4 Å². The van der Waals surface area contributed by atoms with Gasteiger partial charge in [0.25, 0.3) is 11.8 Å². The molecule has 8 nitrogen and oxygen atoms in total. The third-order valence-electron chi connectivity index (χ3n) is 4.43. The summed E-state index contributed by atoms with van der Waals surface area (Å²) in [6, 6.07) is 5.44. The van der Waals surface area contributed by atoms with Gasteiger partial charge in [-0.05, 0) is 24.5 Å². The molecule has 2 N–H and O–H groups in total. The number of fused-ring (bicyclic) bond motifs is 1. The molecule has 0 aromatic heterocycles. The van der Waals surface area contributed by atoms with Gasteiger partial charge in [0.2, 0.25) is 0 Å². The number of amides is 2. The van der Waals surface area contributed by atoms with Gasteiger partial charge < -0.3 is 10.2 Å². The van der Waals surface area contributed by atoms with E-state index in [9.17, 15) is 24.3 Å². The van der Waals surface area contributed by atoms with E-state index in [1.54, 1.807) is 24.3 Å². The van der Waals surface area contributed by atoms with Crippen molar-refractivity contribution in [1.82, 2.24) is 4.90 Å². The maximum absolute atomic E-state index is 13.1. The minimum absolute atomic E-state index is 0.0238. The summed E-state index contributed by atoms with van der Waals surface area (Å²) in [4.78, 5) is 51.1. The highest BCUT2D eigenvalue weighted by atomic mass is 32.2. The summed E-state index contributed by atoms with van der Waals surface area (Å²) < 4.78 is 0.0629. The van der Waals surface area contributed by atoms with Gasteiger partial charge in [-0.1, -0.05) is 42.2 Å². The highest BCUT2D eigenvalue weighted by molar-refractivity contribution is 8.26. The van der Waals surface area contributed by atoms with Crippen LogP contribution in [0.5, 0.6) is 0 Å². The molecular formula is C18H16N2O6S3. The van der Waals surface area contributed by atoms with Gasteiger partial charge in [-0.25, -0.2) is 4.79 Å². The smallest absolute Gasteiger partial charge is 0.326 e. The Balaban J connectivity index is 2.06. The normalized spacial score (nSPS) is 19.7. The Morgan fingerprint density at radius 3 is 2.52 bits per heavy atom. The molecule has 2 aliphatic rings. The van der Waals surface area contributed by atoms with E-state index in [1.165, 1.54) is 11.8 Å². The Labute approximate surface area is 179 Å². The number of thiocarbonyl (C=S) groups is 1. The van der Waals surface area contributed by atoms with Gasteiger partial charge in [0.15, 0.2) is 0 Å². The van der Waals surface area contributed by atoms with Crippen LogP contribution in [-0.2, 0) is 19.2 Å². The average Bonchev–Trinajstić information content (AvgIpc) is 3.09. The number of thioether (sulfide) groups is 2. The number of anilines is 1. The van der Waals surface area contributed by atoms with Crippen molar-refractivity contribution in [2.45, 2.75) is 12.5 Å². The first kappa shape index (κ1) is 21.3. The maximum atomic E-state index is 13.1. The van der Waals surface area contributed by atoms with Gasteiger partial charge >= 0.3 is 11.9 Å². The topological polar surface area (TPSA) is 115 Å². The molecule has 0 radical (unpaired) electrons. The van der Waals surface area contributed by atoms with Crippen LogP contribution in [-0.4, -0.2) is 67.8 Å². The molecular weight excluding hydrogens is 436 g/mol. The van der Waals surface area contributed by atoms with Gasteiger partial charge in [-0.3, -0.25) is 24.2 Å². The molecule has 1 aromatic rings. The van der Waals surface area contributed by atoms with Gasteiger partial charge in [0, 0.05) is 5.56 Å². The number of hydrogen-bond acceptors (Lipinski definition) is 7. The Hall–Kier alpha value is -2.37. The van der Waals surface area contributed by atoms with E-state index in [2.05, 4.69) is 0 Å². The van der Waals surface area contributed by atoms with Gasteiger partial charge in [0.05, 0.1) is 16.2 Å². The standard InChI is InChI=1S/C18H16N2O6S3/c1-28-7-6-11(17(25)26)20-16(24)14(29-18(20)27)13-9-4-2-3-5-10(9)19(15(13)23)8-12(21)22/h2-5,11H,6-8H2,1H3,(H,21,22)(H,25,26)/b14-13-/t11-/m1/s1. The molecule has 0 bridgehead atoms. The predicted octanol–water partition coefficient (Wildman–Crippen LogP) is 1.90. The zero-order chi connectivity index (χ0) is 21.3. The van der Waals surface area contributed by atoms with Gasteiger partial charge in [-0.2, -0.15) is 11.8 Å². The zero-order valence-corrected chi connectivity index (χ0v) is 17.6. The maximum Gasteiger partial charge on any atom is 0.326 e. The average molecular weight is 453 g/mol. The van der Waals surface area contributed by atoms with Gasteiger partial charge in [0.1, 0.15) is 16.9 Å². The van der Waals surface area contributed by atoms with Crippen molar-refractivity contribution in [1.29, 1.82) is 0 Å². The summed E-state index contributed by atoms with van der Waals surface area (Å²) in [5, 5.41) is 18.7. The minimum atomic E-state index is -1.19. The molecule has 0 unspecified atom stereocenters. The second-order valence-corrected chi connectivity index (χ2v) is 8.81. The van der Waals surface area contributed by atoms with Crippen molar-refractivity contribution in [3.05, 3.63) is 34.7 Å². The molecule has 1 saturated heterocycles. The first-order chi connectivity index (χ1) is 13.8. The number of nitrogens with zero attached hydrogens (tertiary/aromatic N) is 2. The van der Waals surface area contributed by atoms with Crippen molar-refractivity contribution in [2.75, 3.05) is 23.5 Å². The van der Waals surface area contributed by atoms with Crippen LogP contribution in [0.4, 0.5) is 5.69 Å². The molecule has 2 aliphatic heterocycles. The van der Waals surface area contributed by atoms with E-state index >= 15 is 0 Å². The SMILES string of the molecule is CSCC[C@H](C(=O)O)N1C(=O)/C(=C2/C(=O)N(CC(=O)O)c3ccccc32)SC1=S. The highest BCUT2D eigenvalue weighted by Crippen LogP contribution is 2.45. The van der Waals surface area contributed by atoms with Crippen LogP contribution in [0.2, 0.25) is 0 Å². The fourth-order valence-electron chi connectivity index (χ4n) is 3.18. The zero-order valence-electron chi connectivity index (χ0n) is 15.2. The van der Waals surface area contributed by atoms with Crippen LogP contribution >= 0.6 is 35.7 Å². The second kappa shape index (κ2) is 8.56.